The maximum atomic E-state index is 10.9. The third kappa shape index (κ3) is 3.69. The summed E-state index contributed by atoms with van der Waals surface area (Å²) in [6.45, 7) is 6.00. The molecule has 1 atom stereocenters. The summed E-state index contributed by atoms with van der Waals surface area (Å²) in [4.78, 5) is 20.9. The smallest absolute Gasteiger partial charge is 0.323 e. The van der Waals surface area contributed by atoms with Crippen LogP contribution in [0.3, 0.4) is 0 Å². The van der Waals surface area contributed by atoms with Gasteiger partial charge in [-0.05, 0) is 19.8 Å². The number of anilines is 1. The first-order chi connectivity index (χ1) is 8.08. The fraction of sp³-hybridized carbons (Fsp3) is 0.583. The van der Waals surface area contributed by atoms with Crippen molar-refractivity contribution in [2.75, 3.05) is 11.4 Å². The number of carbonyl (C=O) groups is 1. The standard InChI is InChI=1S/C12H19N3O2/c1-4-9(3)15(7-12(16)17)11-6-10(5-2)13-8-14-11/h6,8-9H,4-5,7H2,1-3H3,(H,16,17). The average Bonchev–Trinajstić information content (AvgIpc) is 2.35. The predicted octanol–water partition coefficient (Wildman–Crippen LogP) is 1.73. The van der Waals surface area contributed by atoms with Crippen molar-refractivity contribution in [1.29, 1.82) is 0 Å². The molecule has 0 aliphatic rings. The van der Waals surface area contributed by atoms with Crippen molar-refractivity contribution in [3.05, 3.63) is 18.1 Å². The number of aryl methyl sites for hydroxylation is 1. The van der Waals surface area contributed by atoms with Gasteiger partial charge in [0.05, 0.1) is 0 Å². The zero-order valence-corrected chi connectivity index (χ0v) is 10.6. The van der Waals surface area contributed by atoms with Crippen LogP contribution in [0.15, 0.2) is 12.4 Å². The van der Waals surface area contributed by atoms with Crippen LogP contribution in [0.5, 0.6) is 0 Å². The van der Waals surface area contributed by atoms with Crippen LogP contribution in [0.25, 0.3) is 0 Å². The Hall–Kier alpha value is -1.65. The third-order valence-corrected chi connectivity index (χ3v) is 2.79. The monoisotopic (exact) mass is 237 g/mol. The summed E-state index contributed by atoms with van der Waals surface area (Å²) in [6.07, 6.45) is 3.18. The second-order valence-electron chi connectivity index (χ2n) is 4.00. The quantitative estimate of drug-likeness (QED) is 0.816. The van der Waals surface area contributed by atoms with Crippen LogP contribution < -0.4 is 4.90 Å². The largest absolute Gasteiger partial charge is 0.480 e. The van der Waals surface area contributed by atoms with Crippen molar-refractivity contribution in [2.24, 2.45) is 0 Å². The fourth-order valence-corrected chi connectivity index (χ4v) is 1.56. The van der Waals surface area contributed by atoms with Crippen molar-refractivity contribution in [3.8, 4) is 0 Å². The van der Waals surface area contributed by atoms with E-state index in [1.54, 1.807) is 4.90 Å². The predicted molar refractivity (Wildman–Crippen MR) is 66.1 cm³/mol. The maximum Gasteiger partial charge on any atom is 0.323 e. The Labute approximate surface area is 102 Å². The van der Waals surface area contributed by atoms with Gasteiger partial charge in [0, 0.05) is 17.8 Å². The summed E-state index contributed by atoms with van der Waals surface area (Å²) in [5.74, 6) is -0.157. The number of aromatic nitrogens is 2. The molecular formula is C12H19N3O2. The van der Waals surface area contributed by atoms with Gasteiger partial charge in [-0.3, -0.25) is 4.79 Å². The Balaban J connectivity index is 2.98. The Bertz CT molecular complexity index is 382. The summed E-state index contributed by atoms with van der Waals surface area (Å²) < 4.78 is 0. The first-order valence-corrected chi connectivity index (χ1v) is 5.87. The molecule has 1 aromatic heterocycles. The van der Waals surface area contributed by atoms with E-state index in [1.165, 1.54) is 6.33 Å². The van der Waals surface area contributed by atoms with Gasteiger partial charge in [-0.2, -0.15) is 0 Å². The van der Waals surface area contributed by atoms with Crippen molar-refractivity contribution >= 4 is 11.8 Å². The minimum absolute atomic E-state index is 0.0326. The van der Waals surface area contributed by atoms with Crippen LogP contribution in [-0.4, -0.2) is 33.6 Å². The van der Waals surface area contributed by atoms with Gasteiger partial charge in [0.15, 0.2) is 0 Å². The van der Waals surface area contributed by atoms with E-state index < -0.39 is 5.97 Å². The number of aliphatic carboxylic acids is 1. The molecule has 0 saturated heterocycles. The molecule has 1 rings (SSSR count). The Morgan fingerprint density at radius 3 is 2.71 bits per heavy atom. The molecule has 0 radical (unpaired) electrons. The van der Waals surface area contributed by atoms with Crippen LogP contribution >= 0.6 is 0 Å². The van der Waals surface area contributed by atoms with Crippen LogP contribution in [0, 0.1) is 0 Å². The highest BCUT2D eigenvalue weighted by molar-refractivity contribution is 5.73. The first-order valence-electron chi connectivity index (χ1n) is 5.87. The molecule has 0 saturated carbocycles. The van der Waals surface area contributed by atoms with E-state index in [0.717, 1.165) is 18.5 Å². The molecule has 0 aromatic carbocycles. The average molecular weight is 237 g/mol. The van der Waals surface area contributed by atoms with Gasteiger partial charge in [-0.1, -0.05) is 13.8 Å². The van der Waals surface area contributed by atoms with Gasteiger partial charge in [0.25, 0.3) is 0 Å². The van der Waals surface area contributed by atoms with Crippen LogP contribution in [0.1, 0.15) is 32.9 Å². The molecule has 0 bridgehead atoms. The molecule has 1 N–H and O–H groups in total. The van der Waals surface area contributed by atoms with Crippen LogP contribution in [0.4, 0.5) is 5.82 Å². The van der Waals surface area contributed by atoms with E-state index in [0.29, 0.717) is 5.82 Å². The minimum atomic E-state index is -0.845. The summed E-state index contributed by atoms with van der Waals surface area (Å²) in [6, 6.07) is 2.00. The lowest BCUT2D eigenvalue weighted by molar-refractivity contribution is -0.135. The molecule has 0 aliphatic heterocycles. The van der Waals surface area contributed by atoms with Gasteiger partial charge in [0.2, 0.25) is 0 Å². The highest BCUT2D eigenvalue weighted by atomic mass is 16.4. The zero-order chi connectivity index (χ0) is 12.8. The zero-order valence-electron chi connectivity index (χ0n) is 10.6. The molecule has 5 heteroatoms. The molecule has 17 heavy (non-hydrogen) atoms. The molecule has 1 unspecified atom stereocenters. The van der Waals surface area contributed by atoms with E-state index in [1.807, 2.05) is 26.8 Å². The number of rotatable bonds is 6. The normalized spacial score (nSPS) is 12.2. The van der Waals surface area contributed by atoms with E-state index >= 15 is 0 Å². The van der Waals surface area contributed by atoms with Crippen molar-refractivity contribution in [2.45, 2.75) is 39.7 Å². The fourth-order valence-electron chi connectivity index (χ4n) is 1.56. The number of carboxylic acid groups (broad SMARTS) is 1. The van der Waals surface area contributed by atoms with Gasteiger partial charge in [-0.25, -0.2) is 9.97 Å². The van der Waals surface area contributed by atoms with Crippen molar-refractivity contribution < 1.29 is 9.90 Å². The summed E-state index contributed by atoms with van der Waals surface area (Å²) in [5, 5.41) is 8.93. The Morgan fingerprint density at radius 1 is 1.47 bits per heavy atom. The molecule has 1 aromatic rings. The SMILES string of the molecule is CCc1cc(N(CC(=O)O)C(C)CC)ncn1. The molecule has 0 aliphatic carbocycles. The molecule has 0 amide bonds. The third-order valence-electron chi connectivity index (χ3n) is 2.79. The lowest BCUT2D eigenvalue weighted by atomic mass is 10.2. The molecular weight excluding hydrogens is 218 g/mol. The molecule has 0 spiro atoms. The highest BCUT2D eigenvalue weighted by Crippen LogP contribution is 2.16. The summed E-state index contributed by atoms with van der Waals surface area (Å²) in [7, 11) is 0. The van der Waals surface area contributed by atoms with Gasteiger partial charge < -0.3 is 10.0 Å². The summed E-state index contributed by atoms with van der Waals surface area (Å²) >= 11 is 0. The van der Waals surface area contributed by atoms with Crippen LogP contribution in [0.2, 0.25) is 0 Å². The van der Waals surface area contributed by atoms with Crippen molar-refractivity contribution in [1.82, 2.24) is 9.97 Å². The Kier molecular flexibility index (Phi) is 4.87. The second kappa shape index (κ2) is 6.18. The molecule has 94 valence electrons. The lowest BCUT2D eigenvalue weighted by Gasteiger charge is -2.28. The number of carboxylic acids is 1. The van der Waals surface area contributed by atoms with E-state index in [9.17, 15) is 4.79 Å². The highest BCUT2D eigenvalue weighted by Gasteiger charge is 2.17. The lowest BCUT2D eigenvalue weighted by Crippen LogP contribution is -2.37. The summed E-state index contributed by atoms with van der Waals surface area (Å²) in [5.41, 5.74) is 0.925. The van der Waals surface area contributed by atoms with Crippen molar-refractivity contribution in [3.63, 3.8) is 0 Å². The van der Waals surface area contributed by atoms with Crippen LogP contribution in [-0.2, 0) is 11.2 Å². The second-order valence-corrected chi connectivity index (χ2v) is 4.00. The van der Waals surface area contributed by atoms with E-state index in [2.05, 4.69) is 9.97 Å². The topological polar surface area (TPSA) is 66.3 Å². The molecule has 1 heterocycles. The van der Waals surface area contributed by atoms with Gasteiger partial charge >= 0.3 is 5.97 Å². The van der Waals surface area contributed by atoms with Gasteiger partial charge in [0.1, 0.15) is 18.7 Å². The maximum absolute atomic E-state index is 10.9. The molecule has 0 fully saturated rings. The molecule has 5 nitrogen and oxygen atoms in total. The number of hydrogen-bond acceptors (Lipinski definition) is 4. The first kappa shape index (κ1) is 13.4. The minimum Gasteiger partial charge on any atom is -0.480 e. The Morgan fingerprint density at radius 2 is 2.18 bits per heavy atom. The number of nitrogens with zero attached hydrogens (tertiary/aromatic N) is 3. The number of hydrogen-bond donors (Lipinski definition) is 1. The van der Waals surface area contributed by atoms with E-state index in [-0.39, 0.29) is 12.6 Å². The van der Waals surface area contributed by atoms with Gasteiger partial charge in [-0.15, -0.1) is 0 Å². The van der Waals surface area contributed by atoms with E-state index in [4.69, 9.17) is 5.11 Å².